The largest absolute Gasteiger partial charge is 0.477 e. The van der Waals surface area contributed by atoms with Crippen LogP contribution in [0.4, 0.5) is 4.39 Å². The van der Waals surface area contributed by atoms with E-state index in [1.165, 1.54) is 30.5 Å². The highest BCUT2D eigenvalue weighted by Gasteiger charge is 2.13. The van der Waals surface area contributed by atoms with Crippen LogP contribution < -0.4 is 4.74 Å². The first kappa shape index (κ1) is 12.5. The van der Waals surface area contributed by atoms with E-state index < -0.39 is 11.8 Å². The van der Waals surface area contributed by atoms with Crippen LogP contribution in [0.2, 0.25) is 0 Å². The molecule has 0 unspecified atom stereocenters. The number of benzene rings is 1. The summed E-state index contributed by atoms with van der Waals surface area (Å²) in [6.07, 6.45) is 2.52. The maximum Gasteiger partial charge on any atom is 0.341 e. The Morgan fingerprint density at radius 1 is 1.33 bits per heavy atom. The van der Waals surface area contributed by atoms with E-state index in [2.05, 4.69) is 20.9 Å². The number of hydrogen-bond acceptors (Lipinski definition) is 3. The summed E-state index contributed by atoms with van der Waals surface area (Å²) in [5.74, 6) is -1.78. The van der Waals surface area contributed by atoms with Crippen molar-refractivity contribution in [3.05, 3.63) is 52.5 Å². The summed E-state index contributed by atoms with van der Waals surface area (Å²) in [6.45, 7) is 0. The van der Waals surface area contributed by atoms with Crippen molar-refractivity contribution in [2.24, 2.45) is 0 Å². The molecule has 0 saturated heterocycles. The second-order valence-corrected chi connectivity index (χ2v) is 4.27. The Balaban J connectivity index is 2.40. The lowest BCUT2D eigenvalue weighted by Gasteiger charge is -2.09. The first-order valence-corrected chi connectivity index (χ1v) is 5.67. The lowest BCUT2D eigenvalue weighted by Crippen LogP contribution is -2.01. The Bertz CT molecular complexity index is 604. The lowest BCUT2D eigenvalue weighted by atomic mass is 10.2. The highest BCUT2D eigenvalue weighted by Crippen LogP contribution is 2.29. The van der Waals surface area contributed by atoms with E-state index in [9.17, 15) is 9.18 Å². The van der Waals surface area contributed by atoms with Crippen LogP contribution in [0, 0.1) is 5.82 Å². The molecule has 1 heterocycles. The third kappa shape index (κ3) is 2.65. The first-order chi connectivity index (χ1) is 8.58. The summed E-state index contributed by atoms with van der Waals surface area (Å²) in [4.78, 5) is 14.6. The fourth-order valence-electron chi connectivity index (χ4n) is 1.31. The molecular formula is C12H7BrFNO3. The molecule has 92 valence electrons. The van der Waals surface area contributed by atoms with Crippen molar-refractivity contribution in [1.29, 1.82) is 0 Å². The molecule has 0 aliphatic carbocycles. The molecule has 1 aromatic heterocycles. The van der Waals surface area contributed by atoms with Crippen molar-refractivity contribution in [3.63, 3.8) is 0 Å². The van der Waals surface area contributed by atoms with E-state index in [-0.39, 0.29) is 17.1 Å². The Labute approximate surface area is 110 Å². The van der Waals surface area contributed by atoms with Crippen LogP contribution in [0.25, 0.3) is 0 Å². The van der Waals surface area contributed by atoms with E-state index in [1.54, 1.807) is 0 Å². The summed E-state index contributed by atoms with van der Waals surface area (Å²) in [6, 6.07) is 5.53. The molecule has 0 fully saturated rings. The third-order valence-corrected chi connectivity index (χ3v) is 2.62. The predicted molar refractivity (Wildman–Crippen MR) is 65.4 cm³/mol. The minimum Gasteiger partial charge on any atom is -0.477 e. The zero-order chi connectivity index (χ0) is 13.1. The van der Waals surface area contributed by atoms with Gasteiger partial charge in [0.15, 0.2) is 11.6 Å². The maximum atomic E-state index is 13.5. The number of aromatic nitrogens is 1. The molecule has 2 rings (SSSR count). The molecule has 1 N–H and O–H groups in total. The standard InChI is InChI=1S/C12H7BrFNO3/c13-7-1-2-9(14)11(5-7)18-10-3-4-15-6-8(10)12(16)17/h1-6H,(H,16,17). The van der Waals surface area contributed by atoms with E-state index in [1.807, 2.05) is 0 Å². The molecule has 0 aliphatic rings. The summed E-state index contributed by atoms with van der Waals surface area (Å²) >= 11 is 3.18. The molecule has 2 aromatic rings. The number of carboxylic acid groups (broad SMARTS) is 1. The zero-order valence-corrected chi connectivity index (χ0v) is 10.5. The fourth-order valence-corrected chi connectivity index (χ4v) is 1.65. The van der Waals surface area contributed by atoms with Gasteiger partial charge in [-0.3, -0.25) is 4.98 Å². The lowest BCUT2D eigenvalue weighted by molar-refractivity contribution is 0.0693. The highest BCUT2D eigenvalue weighted by atomic mass is 79.9. The van der Waals surface area contributed by atoms with Crippen molar-refractivity contribution in [1.82, 2.24) is 4.98 Å². The second-order valence-electron chi connectivity index (χ2n) is 3.35. The van der Waals surface area contributed by atoms with Gasteiger partial charge in [0.05, 0.1) is 0 Å². The Morgan fingerprint density at radius 3 is 2.83 bits per heavy atom. The highest BCUT2D eigenvalue weighted by molar-refractivity contribution is 9.10. The Morgan fingerprint density at radius 2 is 2.11 bits per heavy atom. The summed E-state index contributed by atoms with van der Waals surface area (Å²) in [5.41, 5.74) is -0.128. The van der Waals surface area contributed by atoms with Crippen LogP contribution in [0.15, 0.2) is 41.1 Å². The van der Waals surface area contributed by atoms with Gasteiger partial charge in [0.25, 0.3) is 0 Å². The minimum absolute atomic E-state index is 0.0366. The van der Waals surface area contributed by atoms with Gasteiger partial charge in [0.2, 0.25) is 0 Å². The molecule has 0 aliphatic heterocycles. The zero-order valence-electron chi connectivity index (χ0n) is 8.93. The quantitative estimate of drug-likeness (QED) is 0.943. The van der Waals surface area contributed by atoms with Crippen LogP contribution in [0.3, 0.4) is 0 Å². The topological polar surface area (TPSA) is 59.4 Å². The van der Waals surface area contributed by atoms with Crippen LogP contribution in [-0.2, 0) is 0 Å². The van der Waals surface area contributed by atoms with E-state index in [0.717, 1.165) is 6.20 Å². The molecule has 0 radical (unpaired) electrons. The van der Waals surface area contributed by atoms with Gasteiger partial charge < -0.3 is 9.84 Å². The van der Waals surface area contributed by atoms with Gasteiger partial charge >= 0.3 is 5.97 Å². The van der Waals surface area contributed by atoms with Crippen LogP contribution in [-0.4, -0.2) is 16.1 Å². The van der Waals surface area contributed by atoms with Crippen LogP contribution in [0.1, 0.15) is 10.4 Å². The number of rotatable bonds is 3. The summed E-state index contributed by atoms with van der Waals surface area (Å²) < 4.78 is 19.4. The number of halogens is 2. The van der Waals surface area contributed by atoms with Gasteiger partial charge in [0, 0.05) is 22.9 Å². The molecule has 0 saturated carbocycles. The Kier molecular flexibility index (Phi) is 3.57. The van der Waals surface area contributed by atoms with Gasteiger partial charge in [-0.1, -0.05) is 15.9 Å². The summed E-state index contributed by atoms with van der Waals surface area (Å²) in [7, 11) is 0. The van der Waals surface area contributed by atoms with E-state index >= 15 is 0 Å². The number of aromatic carboxylic acids is 1. The van der Waals surface area contributed by atoms with Crippen molar-refractivity contribution in [2.75, 3.05) is 0 Å². The molecule has 1 aromatic carbocycles. The van der Waals surface area contributed by atoms with Gasteiger partial charge in [-0.05, 0) is 18.2 Å². The number of carboxylic acids is 1. The molecule has 0 spiro atoms. The van der Waals surface area contributed by atoms with Gasteiger partial charge in [0.1, 0.15) is 11.3 Å². The molecule has 0 bridgehead atoms. The summed E-state index contributed by atoms with van der Waals surface area (Å²) in [5, 5.41) is 8.94. The maximum absolute atomic E-state index is 13.5. The monoisotopic (exact) mass is 311 g/mol. The number of hydrogen-bond donors (Lipinski definition) is 1. The number of pyridine rings is 1. The fraction of sp³-hybridized carbons (Fsp3) is 0. The predicted octanol–water partition coefficient (Wildman–Crippen LogP) is 3.47. The number of nitrogens with zero attached hydrogens (tertiary/aromatic N) is 1. The third-order valence-electron chi connectivity index (χ3n) is 2.12. The Hall–Kier alpha value is -1.95. The van der Waals surface area contributed by atoms with Crippen LogP contribution in [0.5, 0.6) is 11.5 Å². The molecule has 0 amide bonds. The van der Waals surface area contributed by atoms with E-state index in [4.69, 9.17) is 9.84 Å². The van der Waals surface area contributed by atoms with Gasteiger partial charge in [-0.15, -0.1) is 0 Å². The average molecular weight is 312 g/mol. The molecular weight excluding hydrogens is 305 g/mol. The van der Waals surface area contributed by atoms with Crippen LogP contribution >= 0.6 is 15.9 Å². The molecule has 4 nitrogen and oxygen atoms in total. The SMILES string of the molecule is O=C(O)c1cnccc1Oc1cc(Br)ccc1F. The number of carbonyl (C=O) groups is 1. The van der Waals surface area contributed by atoms with Gasteiger partial charge in [-0.25, -0.2) is 9.18 Å². The molecule has 6 heteroatoms. The molecule has 18 heavy (non-hydrogen) atoms. The number of ether oxygens (including phenoxy) is 1. The minimum atomic E-state index is -1.19. The smallest absolute Gasteiger partial charge is 0.341 e. The van der Waals surface area contributed by atoms with Crippen molar-refractivity contribution >= 4 is 21.9 Å². The van der Waals surface area contributed by atoms with Crippen molar-refractivity contribution in [3.8, 4) is 11.5 Å². The van der Waals surface area contributed by atoms with Crippen molar-refractivity contribution < 1.29 is 19.0 Å². The second kappa shape index (κ2) is 5.14. The van der Waals surface area contributed by atoms with E-state index in [0.29, 0.717) is 4.47 Å². The average Bonchev–Trinajstić information content (AvgIpc) is 2.34. The van der Waals surface area contributed by atoms with Gasteiger partial charge in [-0.2, -0.15) is 0 Å². The normalized spacial score (nSPS) is 10.1. The first-order valence-electron chi connectivity index (χ1n) is 4.88. The molecule has 0 atom stereocenters. The van der Waals surface area contributed by atoms with Crippen molar-refractivity contribution in [2.45, 2.75) is 0 Å².